The van der Waals surface area contributed by atoms with E-state index in [1.54, 1.807) is 24.5 Å². The van der Waals surface area contributed by atoms with Gasteiger partial charge in [0, 0.05) is 12.4 Å². The van der Waals surface area contributed by atoms with Crippen LogP contribution in [0.25, 0.3) is 0 Å². The molecule has 20 heavy (non-hydrogen) atoms. The van der Waals surface area contributed by atoms with Gasteiger partial charge in [0.15, 0.2) is 5.75 Å². The van der Waals surface area contributed by atoms with Crippen molar-refractivity contribution in [2.75, 3.05) is 5.73 Å². The van der Waals surface area contributed by atoms with Crippen molar-refractivity contribution in [2.45, 2.75) is 19.4 Å². The number of carboxylic acid groups (broad SMARTS) is 1. The van der Waals surface area contributed by atoms with Gasteiger partial charge in [0.05, 0.1) is 5.69 Å². The molecule has 0 fully saturated rings. The number of pyridine rings is 1. The monoisotopic (exact) mass is 272 g/mol. The molecule has 0 bridgehead atoms. The Bertz CT molecular complexity index is 624. The highest BCUT2D eigenvalue weighted by atomic mass is 16.5. The fraction of sp³-hybridized carbons (Fsp3) is 0.200. The number of nitrogen functional groups attached to an aromatic ring is 1. The Hall–Kier alpha value is -2.56. The van der Waals surface area contributed by atoms with Crippen molar-refractivity contribution in [2.24, 2.45) is 0 Å². The largest absolute Gasteiger partial charge is 0.480 e. The second-order valence-corrected chi connectivity index (χ2v) is 4.88. The molecule has 5 heteroatoms. The molecule has 0 aliphatic heterocycles. The number of rotatable bonds is 4. The minimum absolute atomic E-state index is 0.0483. The first-order chi connectivity index (χ1) is 9.42. The molecule has 0 unspecified atom stereocenters. The Morgan fingerprint density at radius 1 is 1.25 bits per heavy atom. The molecular weight excluding hydrogens is 256 g/mol. The number of para-hydroxylation sites is 1. The minimum atomic E-state index is -1.07. The lowest BCUT2D eigenvalue weighted by Crippen LogP contribution is -2.26. The Balaban J connectivity index is 2.42. The van der Waals surface area contributed by atoms with E-state index in [1.807, 2.05) is 26.0 Å². The number of aromatic carboxylic acids is 1. The molecule has 0 amide bonds. The maximum Gasteiger partial charge on any atom is 0.339 e. The van der Waals surface area contributed by atoms with E-state index in [-0.39, 0.29) is 11.3 Å². The highest BCUT2D eigenvalue weighted by molar-refractivity contribution is 5.93. The van der Waals surface area contributed by atoms with E-state index < -0.39 is 11.6 Å². The summed E-state index contributed by atoms with van der Waals surface area (Å²) in [5.74, 6) is -0.889. The van der Waals surface area contributed by atoms with Crippen LogP contribution in [0.2, 0.25) is 0 Å². The van der Waals surface area contributed by atoms with Crippen LogP contribution >= 0.6 is 0 Å². The topological polar surface area (TPSA) is 85.4 Å². The van der Waals surface area contributed by atoms with Gasteiger partial charge >= 0.3 is 5.97 Å². The summed E-state index contributed by atoms with van der Waals surface area (Å²) in [5, 5.41) is 9.21. The summed E-state index contributed by atoms with van der Waals surface area (Å²) in [6, 6.07) is 8.31. The van der Waals surface area contributed by atoms with Crippen LogP contribution in [0.3, 0.4) is 0 Å². The Labute approximate surface area is 117 Å². The van der Waals surface area contributed by atoms with Gasteiger partial charge in [-0.25, -0.2) is 4.79 Å². The molecule has 0 aliphatic carbocycles. The fourth-order valence-electron chi connectivity index (χ4n) is 1.90. The number of benzene rings is 1. The number of hydrogen-bond acceptors (Lipinski definition) is 4. The summed E-state index contributed by atoms with van der Waals surface area (Å²) >= 11 is 0. The van der Waals surface area contributed by atoms with E-state index in [4.69, 9.17) is 10.5 Å². The zero-order valence-electron chi connectivity index (χ0n) is 11.3. The maximum atomic E-state index is 11.3. The van der Waals surface area contributed by atoms with Gasteiger partial charge in [0.1, 0.15) is 11.2 Å². The Morgan fingerprint density at radius 3 is 2.50 bits per heavy atom. The molecule has 1 aromatic heterocycles. The summed E-state index contributed by atoms with van der Waals surface area (Å²) in [6.07, 6.45) is 3.32. The van der Waals surface area contributed by atoms with Crippen molar-refractivity contribution in [3.8, 4) is 5.75 Å². The molecule has 3 N–H and O–H groups in total. The van der Waals surface area contributed by atoms with Gasteiger partial charge in [-0.3, -0.25) is 4.98 Å². The smallest absolute Gasteiger partial charge is 0.339 e. The van der Waals surface area contributed by atoms with Crippen LogP contribution in [0, 0.1) is 0 Å². The summed E-state index contributed by atoms with van der Waals surface area (Å²) in [4.78, 5) is 15.2. The first kappa shape index (κ1) is 13.9. The highest BCUT2D eigenvalue weighted by Crippen LogP contribution is 2.34. The fourth-order valence-corrected chi connectivity index (χ4v) is 1.90. The summed E-state index contributed by atoms with van der Waals surface area (Å²) in [7, 11) is 0. The van der Waals surface area contributed by atoms with Crippen molar-refractivity contribution in [3.63, 3.8) is 0 Å². The Morgan fingerprint density at radius 2 is 1.90 bits per heavy atom. The second kappa shape index (κ2) is 5.21. The SMILES string of the molecule is CC(C)(Oc1c(N)cccc1C(=O)O)c1ccncc1. The molecular formula is C15H16N2O3. The zero-order chi connectivity index (χ0) is 14.8. The molecule has 1 aromatic carbocycles. The van der Waals surface area contributed by atoms with E-state index in [1.165, 1.54) is 6.07 Å². The van der Waals surface area contributed by atoms with E-state index in [0.29, 0.717) is 5.69 Å². The quantitative estimate of drug-likeness (QED) is 0.836. The number of aromatic nitrogens is 1. The molecule has 0 aliphatic rings. The van der Waals surface area contributed by atoms with Crippen LogP contribution < -0.4 is 10.5 Å². The minimum Gasteiger partial charge on any atom is -0.480 e. The molecule has 5 nitrogen and oxygen atoms in total. The normalized spacial score (nSPS) is 11.1. The second-order valence-electron chi connectivity index (χ2n) is 4.88. The van der Waals surface area contributed by atoms with Gasteiger partial charge < -0.3 is 15.6 Å². The van der Waals surface area contributed by atoms with Gasteiger partial charge in [-0.15, -0.1) is 0 Å². The summed E-state index contributed by atoms with van der Waals surface area (Å²) < 4.78 is 5.88. The van der Waals surface area contributed by atoms with Crippen molar-refractivity contribution in [1.82, 2.24) is 4.98 Å². The van der Waals surface area contributed by atoms with Crippen LogP contribution in [-0.4, -0.2) is 16.1 Å². The standard InChI is InChI=1S/C15H16N2O3/c1-15(2,10-6-8-17-9-7-10)20-13-11(14(18)19)4-3-5-12(13)16/h3-9H,16H2,1-2H3,(H,18,19). The third-order valence-corrected chi connectivity index (χ3v) is 3.01. The van der Waals surface area contributed by atoms with Crippen LogP contribution in [0.1, 0.15) is 29.8 Å². The molecule has 0 spiro atoms. The highest BCUT2D eigenvalue weighted by Gasteiger charge is 2.26. The first-order valence-corrected chi connectivity index (χ1v) is 6.13. The number of ether oxygens (including phenoxy) is 1. The van der Waals surface area contributed by atoms with E-state index in [9.17, 15) is 9.90 Å². The molecule has 1 heterocycles. The van der Waals surface area contributed by atoms with Crippen LogP contribution in [-0.2, 0) is 5.60 Å². The predicted octanol–water partition coefficient (Wildman–Crippen LogP) is 2.68. The van der Waals surface area contributed by atoms with Crippen LogP contribution in [0.15, 0.2) is 42.7 Å². The summed E-state index contributed by atoms with van der Waals surface area (Å²) in [6.45, 7) is 3.70. The van der Waals surface area contributed by atoms with Crippen molar-refractivity contribution >= 4 is 11.7 Å². The van der Waals surface area contributed by atoms with E-state index >= 15 is 0 Å². The van der Waals surface area contributed by atoms with Crippen molar-refractivity contribution in [1.29, 1.82) is 0 Å². The third kappa shape index (κ3) is 2.71. The van der Waals surface area contributed by atoms with Gasteiger partial charge in [-0.05, 0) is 43.7 Å². The number of hydrogen-bond donors (Lipinski definition) is 2. The van der Waals surface area contributed by atoms with Crippen molar-refractivity contribution in [3.05, 3.63) is 53.9 Å². The molecule has 0 radical (unpaired) electrons. The predicted molar refractivity (Wildman–Crippen MR) is 75.7 cm³/mol. The van der Waals surface area contributed by atoms with Gasteiger partial charge in [0.25, 0.3) is 0 Å². The molecule has 2 aromatic rings. The summed E-state index contributed by atoms with van der Waals surface area (Å²) in [5.41, 5.74) is 6.35. The lowest BCUT2D eigenvalue weighted by atomic mass is 9.99. The lowest BCUT2D eigenvalue weighted by Gasteiger charge is -2.28. The van der Waals surface area contributed by atoms with E-state index in [0.717, 1.165) is 5.56 Å². The molecule has 2 rings (SSSR count). The van der Waals surface area contributed by atoms with E-state index in [2.05, 4.69) is 4.98 Å². The molecule has 104 valence electrons. The van der Waals surface area contributed by atoms with Crippen molar-refractivity contribution < 1.29 is 14.6 Å². The Kier molecular flexibility index (Phi) is 3.61. The van der Waals surface area contributed by atoms with Gasteiger partial charge in [-0.2, -0.15) is 0 Å². The lowest BCUT2D eigenvalue weighted by molar-refractivity contribution is 0.0673. The maximum absolute atomic E-state index is 11.3. The third-order valence-electron chi connectivity index (χ3n) is 3.01. The number of carbonyl (C=O) groups is 1. The average Bonchev–Trinajstić information content (AvgIpc) is 2.41. The molecule has 0 saturated heterocycles. The van der Waals surface area contributed by atoms with Crippen LogP contribution in [0.5, 0.6) is 5.75 Å². The van der Waals surface area contributed by atoms with Crippen LogP contribution in [0.4, 0.5) is 5.69 Å². The van der Waals surface area contributed by atoms with Gasteiger partial charge in [-0.1, -0.05) is 6.07 Å². The molecule has 0 saturated carbocycles. The number of nitrogens with zero attached hydrogens (tertiary/aromatic N) is 1. The average molecular weight is 272 g/mol. The molecule has 0 atom stereocenters. The first-order valence-electron chi connectivity index (χ1n) is 6.13. The van der Waals surface area contributed by atoms with Gasteiger partial charge in [0.2, 0.25) is 0 Å². The number of carboxylic acids is 1. The number of nitrogens with two attached hydrogens (primary N) is 1. The zero-order valence-corrected chi connectivity index (χ0v) is 11.3. The number of anilines is 1.